The number of phenols is 1. The van der Waals surface area contributed by atoms with Gasteiger partial charge in [0.05, 0.1) is 0 Å². The number of aromatic hydroxyl groups is 1. The number of rotatable bonds is 9. The molecule has 2 amide bonds. The molecule has 0 radical (unpaired) electrons. The zero-order chi connectivity index (χ0) is 29.1. The Kier molecular flexibility index (Phi) is 8.08. The van der Waals surface area contributed by atoms with Crippen LogP contribution in [0.4, 0.5) is 5.69 Å². The van der Waals surface area contributed by atoms with Crippen LogP contribution in [0.2, 0.25) is 5.02 Å². The summed E-state index contributed by atoms with van der Waals surface area (Å²) in [7, 11) is 0. The second-order valence-corrected chi connectivity index (χ2v) is 10.6. The molecule has 7 nitrogen and oxygen atoms in total. The summed E-state index contributed by atoms with van der Waals surface area (Å²) < 4.78 is 0. The molecule has 0 fully saturated rings. The molecular weight excluding hydrogens is 540 g/mol. The van der Waals surface area contributed by atoms with E-state index in [4.69, 9.17) is 11.6 Å². The molecule has 5 rings (SSSR count). The van der Waals surface area contributed by atoms with Gasteiger partial charge < -0.3 is 20.8 Å². The van der Waals surface area contributed by atoms with Gasteiger partial charge in [0.2, 0.25) is 11.8 Å². The minimum Gasteiger partial charge on any atom is -0.508 e. The molecular formula is C33H29ClN2O5. The number of halogens is 1. The topological polar surface area (TPSA) is 116 Å². The van der Waals surface area contributed by atoms with E-state index < -0.39 is 12.0 Å². The highest BCUT2D eigenvalue weighted by Crippen LogP contribution is 2.49. The number of hydrogen-bond donors (Lipinski definition) is 4. The second kappa shape index (κ2) is 11.9. The van der Waals surface area contributed by atoms with Gasteiger partial charge in [0.1, 0.15) is 11.8 Å². The first kappa shape index (κ1) is 27.9. The Morgan fingerprint density at radius 3 is 2.24 bits per heavy atom. The zero-order valence-electron chi connectivity index (χ0n) is 22.4. The van der Waals surface area contributed by atoms with Gasteiger partial charge in [-0.1, -0.05) is 60.1 Å². The van der Waals surface area contributed by atoms with E-state index >= 15 is 0 Å². The number of carboxylic acid groups (broad SMARTS) is 1. The van der Waals surface area contributed by atoms with Crippen molar-refractivity contribution in [3.8, 4) is 28.0 Å². The van der Waals surface area contributed by atoms with E-state index in [-0.39, 0.29) is 36.3 Å². The summed E-state index contributed by atoms with van der Waals surface area (Å²) in [5.74, 6) is -1.66. The van der Waals surface area contributed by atoms with Crippen LogP contribution < -0.4 is 10.6 Å². The molecule has 1 aliphatic rings. The number of carboxylic acids is 1. The van der Waals surface area contributed by atoms with Gasteiger partial charge in [-0.15, -0.1) is 0 Å². The third kappa shape index (κ3) is 6.26. The van der Waals surface area contributed by atoms with E-state index in [2.05, 4.69) is 16.7 Å². The van der Waals surface area contributed by atoms with Crippen molar-refractivity contribution in [2.45, 2.75) is 38.1 Å². The van der Waals surface area contributed by atoms with Gasteiger partial charge in [0, 0.05) is 42.0 Å². The molecule has 0 saturated heterocycles. The van der Waals surface area contributed by atoms with Gasteiger partial charge in [-0.3, -0.25) is 14.4 Å². The van der Waals surface area contributed by atoms with Crippen LogP contribution in [0.1, 0.15) is 42.4 Å². The van der Waals surface area contributed by atoms with E-state index in [1.54, 1.807) is 12.1 Å². The van der Waals surface area contributed by atoms with Crippen molar-refractivity contribution in [3.63, 3.8) is 0 Å². The van der Waals surface area contributed by atoms with Crippen LogP contribution in [0.15, 0.2) is 84.9 Å². The third-order valence-corrected chi connectivity index (χ3v) is 7.64. The number of aliphatic carboxylic acids is 1. The van der Waals surface area contributed by atoms with Crippen molar-refractivity contribution in [2.75, 3.05) is 5.32 Å². The fraction of sp³-hybridized carbons (Fsp3) is 0.182. The SMILES string of the molecule is CC(=O)NC(Cc1ccc(O)cc1)C(=O)Nc1ccc2c(c1)C(CCC(=O)O)c1cc(-c3ccccc3Cl)ccc1-2. The molecule has 4 N–H and O–H groups in total. The first-order chi connectivity index (χ1) is 19.7. The number of amides is 2. The molecule has 2 atom stereocenters. The van der Waals surface area contributed by atoms with E-state index in [0.29, 0.717) is 17.1 Å². The molecule has 8 heteroatoms. The summed E-state index contributed by atoms with van der Waals surface area (Å²) in [4.78, 5) is 36.7. The Morgan fingerprint density at radius 2 is 1.56 bits per heavy atom. The molecule has 2 unspecified atom stereocenters. The second-order valence-electron chi connectivity index (χ2n) is 10.2. The van der Waals surface area contributed by atoms with Crippen molar-refractivity contribution in [1.82, 2.24) is 5.32 Å². The fourth-order valence-electron chi connectivity index (χ4n) is 5.43. The zero-order valence-corrected chi connectivity index (χ0v) is 23.1. The molecule has 0 spiro atoms. The van der Waals surface area contributed by atoms with E-state index in [1.165, 1.54) is 19.1 Å². The van der Waals surface area contributed by atoms with E-state index in [1.807, 2.05) is 54.6 Å². The highest BCUT2D eigenvalue weighted by molar-refractivity contribution is 6.33. The number of benzene rings is 4. The molecule has 0 aromatic heterocycles. The summed E-state index contributed by atoms with van der Waals surface area (Å²) in [6, 6.07) is 25.0. The molecule has 1 aliphatic carbocycles. The number of carbonyl (C=O) groups is 3. The maximum absolute atomic E-state index is 13.3. The average molecular weight is 569 g/mol. The Morgan fingerprint density at radius 1 is 0.878 bits per heavy atom. The van der Waals surface area contributed by atoms with Crippen LogP contribution in [0.5, 0.6) is 5.75 Å². The minimum absolute atomic E-state index is 0.00626. The molecule has 0 heterocycles. The first-order valence-electron chi connectivity index (χ1n) is 13.3. The van der Waals surface area contributed by atoms with Crippen LogP contribution in [0.3, 0.4) is 0 Å². The molecule has 0 bridgehead atoms. The fourth-order valence-corrected chi connectivity index (χ4v) is 5.68. The summed E-state index contributed by atoms with van der Waals surface area (Å²) in [5.41, 5.74) is 7.14. The molecule has 208 valence electrons. The molecule has 0 aliphatic heterocycles. The maximum Gasteiger partial charge on any atom is 0.303 e. The van der Waals surface area contributed by atoms with Gasteiger partial charge in [0.15, 0.2) is 0 Å². The average Bonchev–Trinajstić information content (AvgIpc) is 3.24. The summed E-state index contributed by atoms with van der Waals surface area (Å²) >= 11 is 6.47. The van der Waals surface area contributed by atoms with E-state index in [9.17, 15) is 24.6 Å². The molecule has 4 aromatic carbocycles. The summed E-state index contributed by atoms with van der Waals surface area (Å²) in [6.45, 7) is 1.35. The number of anilines is 1. The largest absolute Gasteiger partial charge is 0.508 e. The molecule has 0 saturated carbocycles. The Hall–Kier alpha value is -4.62. The van der Waals surface area contributed by atoms with Crippen LogP contribution >= 0.6 is 11.6 Å². The minimum atomic E-state index is -0.876. The van der Waals surface area contributed by atoms with Crippen LogP contribution in [0.25, 0.3) is 22.3 Å². The van der Waals surface area contributed by atoms with Crippen LogP contribution in [-0.4, -0.2) is 34.0 Å². The van der Waals surface area contributed by atoms with Gasteiger partial charge in [-0.25, -0.2) is 0 Å². The van der Waals surface area contributed by atoms with Gasteiger partial charge >= 0.3 is 5.97 Å². The lowest BCUT2D eigenvalue weighted by Gasteiger charge is -2.19. The number of nitrogens with one attached hydrogen (secondary N) is 2. The number of hydrogen-bond acceptors (Lipinski definition) is 4. The highest BCUT2D eigenvalue weighted by Gasteiger charge is 2.30. The smallest absolute Gasteiger partial charge is 0.303 e. The molecule has 4 aromatic rings. The molecule has 41 heavy (non-hydrogen) atoms. The highest BCUT2D eigenvalue weighted by atomic mass is 35.5. The van der Waals surface area contributed by atoms with Crippen molar-refractivity contribution >= 4 is 35.1 Å². The third-order valence-electron chi connectivity index (χ3n) is 7.31. The van der Waals surface area contributed by atoms with Crippen molar-refractivity contribution < 1.29 is 24.6 Å². The van der Waals surface area contributed by atoms with Crippen LogP contribution in [0, 0.1) is 0 Å². The van der Waals surface area contributed by atoms with Crippen molar-refractivity contribution in [1.29, 1.82) is 0 Å². The summed E-state index contributed by atoms with van der Waals surface area (Å²) in [5, 5.41) is 25.3. The van der Waals surface area contributed by atoms with Crippen molar-refractivity contribution in [3.05, 3.63) is 107 Å². The number of fused-ring (bicyclic) bond motifs is 3. The monoisotopic (exact) mass is 568 g/mol. The lowest BCUT2D eigenvalue weighted by Crippen LogP contribution is -2.44. The van der Waals surface area contributed by atoms with Crippen LogP contribution in [-0.2, 0) is 20.8 Å². The predicted molar refractivity (Wildman–Crippen MR) is 159 cm³/mol. The normalized spacial score (nSPS) is 14.0. The quantitative estimate of drug-likeness (QED) is 0.187. The summed E-state index contributed by atoms with van der Waals surface area (Å²) in [6.07, 6.45) is 0.635. The van der Waals surface area contributed by atoms with Gasteiger partial charge in [0.25, 0.3) is 0 Å². The predicted octanol–water partition coefficient (Wildman–Crippen LogP) is 6.38. The Labute approximate surface area is 242 Å². The Balaban J connectivity index is 1.44. The first-order valence-corrected chi connectivity index (χ1v) is 13.7. The Bertz CT molecular complexity index is 1630. The number of carbonyl (C=O) groups excluding carboxylic acids is 2. The standard InChI is InChI=1S/C33H29ClN2O5/c1-19(37)35-31(16-20-6-10-23(38)11-7-20)33(41)36-22-9-13-26-25-12-8-21(24-4-2-3-5-30(24)34)17-28(25)27(29(26)18-22)14-15-32(39)40/h2-13,17-18,27,31,38H,14-16H2,1H3,(H,35,37)(H,36,41)(H,39,40). The van der Waals surface area contributed by atoms with Gasteiger partial charge in [-0.05, 0) is 76.2 Å². The van der Waals surface area contributed by atoms with Gasteiger partial charge in [-0.2, -0.15) is 0 Å². The lowest BCUT2D eigenvalue weighted by atomic mass is 9.90. The number of phenolic OH excluding ortho intramolecular Hbond substituents is 1. The maximum atomic E-state index is 13.3. The van der Waals surface area contributed by atoms with E-state index in [0.717, 1.165) is 38.9 Å². The van der Waals surface area contributed by atoms with Crippen molar-refractivity contribution in [2.24, 2.45) is 0 Å². The lowest BCUT2D eigenvalue weighted by molar-refractivity contribution is -0.137.